The van der Waals surface area contributed by atoms with Gasteiger partial charge in [0.2, 0.25) is 0 Å². The van der Waals surface area contributed by atoms with Crippen LogP contribution in [0.3, 0.4) is 0 Å². The lowest BCUT2D eigenvalue weighted by atomic mass is 10.0. The van der Waals surface area contributed by atoms with Crippen LogP contribution in [-0.4, -0.2) is 23.4 Å². The van der Waals surface area contributed by atoms with Crippen molar-refractivity contribution in [1.29, 1.82) is 0 Å². The van der Waals surface area contributed by atoms with Crippen LogP contribution in [0.1, 0.15) is 25.0 Å². The van der Waals surface area contributed by atoms with Gasteiger partial charge in [0.25, 0.3) is 0 Å². The van der Waals surface area contributed by atoms with Crippen LogP contribution in [0.4, 0.5) is 0 Å². The van der Waals surface area contributed by atoms with E-state index in [0.29, 0.717) is 12.0 Å². The van der Waals surface area contributed by atoms with E-state index in [1.807, 2.05) is 6.92 Å². The SMILES string of the molecule is CCC(O)C(O)c1ccc(OC)cc1. The first-order chi connectivity index (χ1) is 6.69. The first kappa shape index (κ1) is 11.0. The molecule has 1 aromatic carbocycles. The second-order valence-corrected chi connectivity index (χ2v) is 3.19. The third-order valence-electron chi connectivity index (χ3n) is 2.24. The van der Waals surface area contributed by atoms with Crippen molar-refractivity contribution in [3.63, 3.8) is 0 Å². The highest BCUT2D eigenvalue weighted by atomic mass is 16.5. The zero-order valence-corrected chi connectivity index (χ0v) is 8.47. The highest BCUT2D eigenvalue weighted by Crippen LogP contribution is 2.21. The van der Waals surface area contributed by atoms with E-state index < -0.39 is 12.2 Å². The zero-order chi connectivity index (χ0) is 10.6. The Morgan fingerprint density at radius 1 is 1.21 bits per heavy atom. The summed E-state index contributed by atoms with van der Waals surface area (Å²) in [6, 6.07) is 7.03. The molecule has 0 amide bonds. The molecule has 0 aromatic heterocycles. The van der Waals surface area contributed by atoms with Gasteiger partial charge in [0.15, 0.2) is 0 Å². The summed E-state index contributed by atoms with van der Waals surface area (Å²) in [6.07, 6.45) is -0.984. The largest absolute Gasteiger partial charge is 0.497 e. The number of benzene rings is 1. The van der Waals surface area contributed by atoms with Crippen LogP contribution in [0.15, 0.2) is 24.3 Å². The molecule has 2 unspecified atom stereocenters. The van der Waals surface area contributed by atoms with Gasteiger partial charge in [-0.25, -0.2) is 0 Å². The van der Waals surface area contributed by atoms with Crippen molar-refractivity contribution in [3.8, 4) is 5.75 Å². The van der Waals surface area contributed by atoms with Crippen LogP contribution < -0.4 is 4.74 Å². The predicted octanol–water partition coefficient (Wildman–Crippen LogP) is 1.50. The molecule has 78 valence electrons. The Bertz CT molecular complexity index is 268. The quantitative estimate of drug-likeness (QED) is 0.767. The van der Waals surface area contributed by atoms with Gasteiger partial charge < -0.3 is 14.9 Å². The number of aliphatic hydroxyl groups excluding tert-OH is 2. The average Bonchev–Trinajstić information content (AvgIpc) is 2.27. The number of rotatable bonds is 4. The normalized spacial score (nSPS) is 14.9. The first-order valence-electron chi connectivity index (χ1n) is 4.69. The summed E-state index contributed by atoms with van der Waals surface area (Å²) in [5.74, 6) is 0.743. The Balaban J connectivity index is 2.75. The summed E-state index contributed by atoms with van der Waals surface area (Å²) in [4.78, 5) is 0. The van der Waals surface area contributed by atoms with Crippen LogP contribution in [0.25, 0.3) is 0 Å². The van der Waals surface area contributed by atoms with Gasteiger partial charge in [-0.3, -0.25) is 0 Å². The third-order valence-corrected chi connectivity index (χ3v) is 2.24. The molecule has 0 aliphatic carbocycles. The number of aliphatic hydroxyl groups is 2. The summed E-state index contributed by atoms with van der Waals surface area (Å²) >= 11 is 0. The van der Waals surface area contributed by atoms with Gasteiger partial charge in [0.1, 0.15) is 11.9 Å². The van der Waals surface area contributed by atoms with Gasteiger partial charge in [-0.15, -0.1) is 0 Å². The minimum Gasteiger partial charge on any atom is -0.497 e. The second kappa shape index (κ2) is 4.98. The maximum atomic E-state index is 9.66. The highest BCUT2D eigenvalue weighted by Gasteiger charge is 2.15. The summed E-state index contributed by atoms with van der Waals surface area (Å²) in [6.45, 7) is 1.83. The maximum absolute atomic E-state index is 9.66. The molecule has 0 spiro atoms. The topological polar surface area (TPSA) is 49.7 Å². The average molecular weight is 196 g/mol. The molecule has 0 bridgehead atoms. The van der Waals surface area contributed by atoms with Crippen LogP contribution in [-0.2, 0) is 0 Å². The van der Waals surface area contributed by atoms with Gasteiger partial charge in [-0.05, 0) is 24.1 Å². The van der Waals surface area contributed by atoms with E-state index in [9.17, 15) is 10.2 Å². The summed E-state index contributed by atoms with van der Waals surface area (Å²) < 4.78 is 4.99. The van der Waals surface area contributed by atoms with Crippen LogP contribution in [0.5, 0.6) is 5.75 Å². The Morgan fingerprint density at radius 3 is 2.21 bits per heavy atom. The summed E-state index contributed by atoms with van der Waals surface area (Å²) in [5, 5.41) is 19.1. The molecule has 0 saturated carbocycles. The fourth-order valence-corrected chi connectivity index (χ4v) is 1.25. The van der Waals surface area contributed by atoms with E-state index in [2.05, 4.69) is 0 Å². The second-order valence-electron chi connectivity index (χ2n) is 3.19. The van der Waals surface area contributed by atoms with Crippen molar-refractivity contribution in [1.82, 2.24) is 0 Å². The van der Waals surface area contributed by atoms with Crippen LogP contribution in [0, 0.1) is 0 Å². The zero-order valence-electron chi connectivity index (χ0n) is 8.47. The Kier molecular flexibility index (Phi) is 3.92. The molecular formula is C11H16O3. The molecular weight excluding hydrogens is 180 g/mol. The minimum absolute atomic E-state index is 0.535. The van der Waals surface area contributed by atoms with Crippen molar-refractivity contribution < 1.29 is 14.9 Å². The lowest BCUT2D eigenvalue weighted by Gasteiger charge is -2.16. The lowest BCUT2D eigenvalue weighted by molar-refractivity contribution is 0.0164. The molecule has 0 saturated heterocycles. The summed E-state index contributed by atoms with van der Waals surface area (Å²) in [5.41, 5.74) is 0.708. The number of hydrogen-bond acceptors (Lipinski definition) is 3. The van der Waals surface area contributed by atoms with Crippen molar-refractivity contribution in [2.24, 2.45) is 0 Å². The van der Waals surface area contributed by atoms with Gasteiger partial charge in [0, 0.05) is 0 Å². The highest BCUT2D eigenvalue weighted by molar-refractivity contribution is 5.28. The molecule has 0 aliphatic rings. The van der Waals surface area contributed by atoms with E-state index in [4.69, 9.17) is 4.74 Å². The fraction of sp³-hybridized carbons (Fsp3) is 0.455. The fourth-order valence-electron chi connectivity index (χ4n) is 1.25. The third kappa shape index (κ3) is 2.47. The molecule has 0 radical (unpaired) electrons. The van der Waals surface area contributed by atoms with Gasteiger partial charge in [-0.1, -0.05) is 19.1 Å². The van der Waals surface area contributed by atoms with Crippen molar-refractivity contribution in [3.05, 3.63) is 29.8 Å². The number of ether oxygens (including phenoxy) is 1. The molecule has 0 heterocycles. The molecule has 3 nitrogen and oxygen atoms in total. The molecule has 14 heavy (non-hydrogen) atoms. The smallest absolute Gasteiger partial charge is 0.118 e. The van der Waals surface area contributed by atoms with Gasteiger partial charge in [-0.2, -0.15) is 0 Å². The Morgan fingerprint density at radius 2 is 1.79 bits per heavy atom. The van der Waals surface area contributed by atoms with E-state index in [0.717, 1.165) is 5.75 Å². The van der Waals surface area contributed by atoms with E-state index >= 15 is 0 Å². The van der Waals surface area contributed by atoms with E-state index in [1.165, 1.54) is 0 Å². The predicted molar refractivity (Wildman–Crippen MR) is 54.3 cm³/mol. The molecule has 1 aromatic rings. The molecule has 0 fully saturated rings. The molecule has 2 N–H and O–H groups in total. The first-order valence-corrected chi connectivity index (χ1v) is 4.69. The van der Waals surface area contributed by atoms with Crippen LogP contribution in [0.2, 0.25) is 0 Å². The standard InChI is InChI=1S/C11H16O3/c1-3-10(12)11(13)8-4-6-9(14-2)7-5-8/h4-7,10-13H,3H2,1-2H3. The number of methoxy groups -OCH3 is 1. The van der Waals surface area contributed by atoms with Crippen LogP contribution >= 0.6 is 0 Å². The van der Waals surface area contributed by atoms with Crippen molar-refractivity contribution >= 4 is 0 Å². The minimum atomic E-state index is -0.814. The monoisotopic (exact) mass is 196 g/mol. The molecule has 0 aliphatic heterocycles. The van der Waals surface area contributed by atoms with Gasteiger partial charge in [0.05, 0.1) is 13.2 Å². The molecule has 3 heteroatoms. The molecule has 1 rings (SSSR count). The van der Waals surface area contributed by atoms with Crippen molar-refractivity contribution in [2.75, 3.05) is 7.11 Å². The van der Waals surface area contributed by atoms with Gasteiger partial charge >= 0.3 is 0 Å². The maximum Gasteiger partial charge on any atom is 0.118 e. The lowest BCUT2D eigenvalue weighted by Crippen LogP contribution is -2.16. The Hall–Kier alpha value is -1.06. The van der Waals surface area contributed by atoms with Crippen molar-refractivity contribution in [2.45, 2.75) is 25.6 Å². The van der Waals surface area contributed by atoms with E-state index in [-0.39, 0.29) is 0 Å². The van der Waals surface area contributed by atoms with E-state index in [1.54, 1.807) is 31.4 Å². The Labute approximate surface area is 84.0 Å². The summed E-state index contributed by atoms with van der Waals surface area (Å²) in [7, 11) is 1.59. The molecule has 2 atom stereocenters. The number of hydrogen-bond donors (Lipinski definition) is 2.